The molecule has 0 saturated heterocycles. The average Bonchev–Trinajstić information content (AvgIpc) is 3.47. The summed E-state index contributed by atoms with van der Waals surface area (Å²) in [4.78, 5) is 35.4. The van der Waals surface area contributed by atoms with Gasteiger partial charge in [0.05, 0.1) is 13.2 Å². The fraction of sp³-hybridized carbons (Fsp3) is 0.917. The van der Waals surface area contributed by atoms with Crippen molar-refractivity contribution in [3.63, 3.8) is 0 Å². The highest BCUT2D eigenvalue weighted by Gasteiger charge is 2.26. The molecule has 0 fully saturated rings. The summed E-state index contributed by atoms with van der Waals surface area (Å²) < 4.78 is 33.2. The Balaban J connectivity index is 3.77. The van der Waals surface area contributed by atoms with Crippen LogP contribution in [0.15, 0.2) is 24.3 Å². The molecule has 0 aliphatic rings. The minimum Gasteiger partial charge on any atom is -0.462 e. The van der Waals surface area contributed by atoms with Crippen LogP contribution in [0.4, 0.5) is 0 Å². The van der Waals surface area contributed by atoms with Gasteiger partial charge in [-0.2, -0.15) is 0 Å². The van der Waals surface area contributed by atoms with Crippen LogP contribution in [-0.2, 0) is 32.7 Å². The maximum atomic E-state index is 12.8. The summed E-state index contributed by atoms with van der Waals surface area (Å²) in [5, 5.41) is 0. The lowest BCUT2D eigenvalue weighted by atomic mass is 10.0. The second-order valence-corrected chi connectivity index (χ2v) is 26.3. The van der Waals surface area contributed by atoms with E-state index in [1.165, 1.54) is 315 Å². The van der Waals surface area contributed by atoms with E-state index >= 15 is 0 Å². The number of rotatable bonds is 70. The molecule has 0 aliphatic heterocycles. The quantitative estimate of drug-likeness (QED) is 0.0264. The van der Waals surface area contributed by atoms with Crippen LogP contribution in [0, 0.1) is 0 Å². The van der Waals surface area contributed by atoms with E-state index < -0.39 is 26.5 Å². The van der Waals surface area contributed by atoms with E-state index in [1.807, 2.05) is 0 Å². The SMILES string of the molecule is CCCCCCC/C=C\C/C=C\CCCCCCCCCCCCCCCC(=O)OC(COC(=O)CCCCCCCCCCCCCCCCCCCCCCCCCCCCCCCCCCCCCC)COP(=O)(O)OCCN. The molecule has 3 N–H and O–H groups in total. The average molecular weight is 1180 g/mol. The molecule has 0 aromatic carbocycles. The first-order chi connectivity index (χ1) is 40.3. The third-order valence-electron chi connectivity index (χ3n) is 16.6. The lowest BCUT2D eigenvalue weighted by Gasteiger charge is -2.19. The Morgan fingerprint density at radius 3 is 0.927 bits per heavy atom. The van der Waals surface area contributed by atoms with Gasteiger partial charge < -0.3 is 20.1 Å². The van der Waals surface area contributed by atoms with Crippen molar-refractivity contribution in [2.24, 2.45) is 5.73 Å². The predicted octanol–water partition coefficient (Wildman–Crippen LogP) is 23.7. The van der Waals surface area contributed by atoms with Gasteiger partial charge in [0.15, 0.2) is 6.10 Å². The summed E-state index contributed by atoms with van der Waals surface area (Å²) in [5.41, 5.74) is 5.40. The van der Waals surface area contributed by atoms with Gasteiger partial charge in [0.2, 0.25) is 0 Å². The fourth-order valence-electron chi connectivity index (χ4n) is 11.2. The lowest BCUT2D eigenvalue weighted by molar-refractivity contribution is -0.161. The largest absolute Gasteiger partial charge is 0.472 e. The standard InChI is InChI=1S/C72H140NO8P/c1-3-5-7-9-11-13-15-17-19-21-23-25-27-29-30-31-32-33-34-35-36-37-38-39-41-42-44-46-48-50-52-54-56-58-60-62-64-71(74)78-68-70(69-80-82(76,77)79-67-66-73)81-72(75)65-63-61-59-57-55-53-51-49-47-45-43-40-28-26-24-22-20-18-16-14-12-10-8-6-4-2/h16,18,22,24,70H,3-15,17,19-21,23,25-69,73H2,1-2H3,(H,76,77)/b18-16-,24-22-. The van der Waals surface area contributed by atoms with E-state index in [1.54, 1.807) is 0 Å². The third-order valence-corrected chi connectivity index (χ3v) is 17.6. The third kappa shape index (κ3) is 67.6. The van der Waals surface area contributed by atoms with Crippen molar-refractivity contribution < 1.29 is 37.6 Å². The van der Waals surface area contributed by atoms with E-state index in [4.69, 9.17) is 24.3 Å². The minimum absolute atomic E-state index is 0.0561. The topological polar surface area (TPSA) is 134 Å². The molecule has 2 atom stereocenters. The highest BCUT2D eigenvalue weighted by molar-refractivity contribution is 7.47. The molecule has 486 valence electrons. The second-order valence-electron chi connectivity index (χ2n) is 24.8. The van der Waals surface area contributed by atoms with Crippen molar-refractivity contribution >= 4 is 19.8 Å². The molecule has 0 aromatic heterocycles. The van der Waals surface area contributed by atoms with Gasteiger partial charge in [-0.15, -0.1) is 0 Å². The molecular formula is C72H140NO8P. The molecule has 0 aliphatic carbocycles. The first-order valence-electron chi connectivity index (χ1n) is 36.3. The fourth-order valence-corrected chi connectivity index (χ4v) is 12.0. The van der Waals surface area contributed by atoms with Crippen LogP contribution in [0.3, 0.4) is 0 Å². The number of allylic oxidation sites excluding steroid dienone is 4. The van der Waals surface area contributed by atoms with Gasteiger partial charge in [0, 0.05) is 19.4 Å². The Morgan fingerprint density at radius 2 is 0.634 bits per heavy atom. The Bertz CT molecular complexity index is 1390. The number of esters is 2. The van der Waals surface area contributed by atoms with Crippen LogP contribution in [0.25, 0.3) is 0 Å². The van der Waals surface area contributed by atoms with Crippen LogP contribution in [0.1, 0.15) is 393 Å². The zero-order chi connectivity index (χ0) is 59.4. The number of unbranched alkanes of at least 4 members (excludes halogenated alkanes) is 53. The number of phosphoric acid groups is 1. The van der Waals surface area contributed by atoms with Crippen molar-refractivity contribution in [1.29, 1.82) is 0 Å². The maximum Gasteiger partial charge on any atom is 0.472 e. The zero-order valence-corrected chi connectivity index (χ0v) is 55.7. The second kappa shape index (κ2) is 68.6. The molecule has 0 spiro atoms. The van der Waals surface area contributed by atoms with Crippen LogP contribution >= 0.6 is 7.82 Å². The molecule has 0 radical (unpaired) electrons. The monoisotopic (exact) mass is 1180 g/mol. The summed E-state index contributed by atoms with van der Waals surface area (Å²) >= 11 is 0. The number of hydrogen-bond donors (Lipinski definition) is 2. The van der Waals surface area contributed by atoms with Crippen molar-refractivity contribution in [1.82, 2.24) is 0 Å². The van der Waals surface area contributed by atoms with E-state index in [-0.39, 0.29) is 38.6 Å². The number of carbonyl (C=O) groups excluding carboxylic acids is 2. The van der Waals surface area contributed by atoms with Crippen LogP contribution < -0.4 is 5.73 Å². The number of nitrogens with two attached hydrogens (primary N) is 1. The van der Waals surface area contributed by atoms with Crippen molar-refractivity contribution in [2.45, 2.75) is 399 Å². The van der Waals surface area contributed by atoms with Crippen LogP contribution in [0.5, 0.6) is 0 Å². The van der Waals surface area contributed by atoms with Gasteiger partial charge in [0.25, 0.3) is 0 Å². The van der Waals surface area contributed by atoms with Crippen molar-refractivity contribution in [3.05, 3.63) is 24.3 Å². The molecular weight excluding hydrogens is 1040 g/mol. The predicted molar refractivity (Wildman–Crippen MR) is 354 cm³/mol. The Labute approximate surface area is 510 Å². The summed E-state index contributed by atoms with van der Waals surface area (Å²) in [5.74, 6) is -0.805. The maximum absolute atomic E-state index is 12.8. The molecule has 2 unspecified atom stereocenters. The Kier molecular flexibility index (Phi) is 67.3. The van der Waals surface area contributed by atoms with Gasteiger partial charge in [-0.3, -0.25) is 18.6 Å². The van der Waals surface area contributed by atoms with E-state index in [2.05, 4.69) is 38.2 Å². The highest BCUT2D eigenvalue weighted by atomic mass is 31.2. The molecule has 10 heteroatoms. The van der Waals surface area contributed by atoms with Crippen LogP contribution in [0.2, 0.25) is 0 Å². The van der Waals surface area contributed by atoms with Gasteiger partial charge in [-0.25, -0.2) is 4.57 Å². The van der Waals surface area contributed by atoms with Gasteiger partial charge >= 0.3 is 19.8 Å². The molecule has 0 amide bonds. The number of hydrogen-bond acceptors (Lipinski definition) is 8. The minimum atomic E-state index is -4.39. The normalized spacial score (nSPS) is 13.0. The first-order valence-corrected chi connectivity index (χ1v) is 37.8. The molecule has 82 heavy (non-hydrogen) atoms. The summed E-state index contributed by atoms with van der Waals surface area (Å²) in [6.45, 7) is 3.81. The Hall–Kier alpha value is -1.51. The van der Waals surface area contributed by atoms with E-state index in [9.17, 15) is 19.0 Å². The summed E-state index contributed by atoms with van der Waals surface area (Å²) in [6, 6.07) is 0. The zero-order valence-electron chi connectivity index (χ0n) is 54.8. The number of carbonyl (C=O) groups is 2. The summed E-state index contributed by atoms with van der Waals surface area (Å²) in [7, 11) is -4.39. The van der Waals surface area contributed by atoms with Gasteiger partial charge in [0.1, 0.15) is 6.61 Å². The molecule has 0 bridgehead atoms. The lowest BCUT2D eigenvalue weighted by Crippen LogP contribution is -2.29. The molecule has 0 aromatic rings. The van der Waals surface area contributed by atoms with E-state index in [0.29, 0.717) is 6.42 Å². The first kappa shape index (κ1) is 80.5. The number of phosphoric ester groups is 1. The van der Waals surface area contributed by atoms with Gasteiger partial charge in [-0.1, -0.05) is 359 Å². The molecule has 9 nitrogen and oxygen atoms in total. The Morgan fingerprint density at radius 1 is 0.366 bits per heavy atom. The molecule has 0 heterocycles. The highest BCUT2D eigenvalue weighted by Crippen LogP contribution is 2.43. The smallest absolute Gasteiger partial charge is 0.462 e. The molecule has 0 rings (SSSR count). The summed E-state index contributed by atoms with van der Waals surface area (Å²) in [6.07, 6.45) is 84.4. The van der Waals surface area contributed by atoms with Gasteiger partial charge in [-0.05, 0) is 44.9 Å². The van der Waals surface area contributed by atoms with Crippen LogP contribution in [-0.4, -0.2) is 49.3 Å². The van der Waals surface area contributed by atoms with Crippen molar-refractivity contribution in [2.75, 3.05) is 26.4 Å². The molecule has 0 saturated carbocycles. The van der Waals surface area contributed by atoms with Crippen molar-refractivity contribution in [3.8, 4) is 0 Å². The number of ether oxygens (including phenoxy) is 2. The van der Waals surface area contributed by atoms with E-state index in [0.717, 1.165) is 44.9 Å².